The molecule has 16 heavy (non-hydrogen) atoms. The van der Waals surface area contributed by atoms with Crippen molar-refractivity contribution in [1.29, 1.82) is 0 Å². The summed E-state index contributed by atoms with van der Waals surface area (Å²) in [5.41, 5.74) is 0.480. The summed E-state index contributed by atoms with van der Waals surface area (Å²) >= 11 is 0. The Bertz CT molecular complexity index is 448. The molecule has 1 aromatic heterocycles. The summed E-state index contributed by atoms with van der Waals surface area (Å²) in [6, 6.07) is 0. The summed E-state index contributed by atoms with van der Waals surface area (Å²) in [4.78, 5) is 6.27. The average Bonchev–Trinajstić information content (AvgIpc) is 2.63. The zero-order valence-electron chi connectivity index (χ0n) is 9.56. The molecule has 0 bridgehead atoms. The maximum absolute atomic E-state index is 11.6. The third-order valence-corrected chi connectivity index (χ3v) is 3.39. The SMILES string of the molecule is CCN(CC)c1coc(ON)c1S(C)(=O)=O. The van der Waals surface area contributed by atoms with E-state index in [0.29, 0.717) is 18.8 Å². The maximum atomic E-state index is 11.6. The predicted octanol–water partition coefficient (Wildman–Crippen LogP) is 0.782. The van der Waals surface area contributed by atoms with Crippen LogP contribution in [0.25, 0.3) is 0 Å². The summed E-state index contributed by atoms with van der Waals surface area (Å²) in [6.07, 6.45) is 2.43. The fraction of sp³-hybridized carbons (Fsp3) is 0.556. The number of sulfone groups is 1. The van der Waals surface area contributed by atoms with E-state index in [0.717, 1.165) is 6.26 Å². The molecule has 0 aliphatic heterocycles. The van der Waals surface area contributed by atoms with Crippen LogP contribution in [0, 0.1) is 0 Å². The maximum Gasteiger partial charge on any atom is 0.325 e. The van der Waals surface area contributed by atoms with Gasteiger partial charge < -0.3 is 14.2 Å². The lowest BCUT2D eigenvalue weighted by Gasteiger charge is -2.19. The van der Waals surface area contributed by atoms with Crippen molar-refractivity contribution < 1.29 is 17.7 Å². The van der Waals surface area contributed by atoms with Crippen LogP contribution in [-0.2, 0) is 9.84 Å². The van der Waals surface area contributed by atoms with Crippen molar-refractivity contribution in [3.63, 3.8) is 0 Å². The monoisotopic (exact) mass is 248 g/mol. The largest absolute Gasteiger partial charge is 0.430 e. The van der Waals surface area contributed by atoms with E-state index in [2.05, 4.69) is 4.84 Å². The Morgan fingerprint density at radius 2 is 2.00 bits per heavy atom. The third kappa shape index (κ3) is 2.30. The van der Waals surface area contributed by atoms with Crippen molar-refractivity contribution in [2.45, 2.75) is 18.7 Å². The first-order valence-corrected chi connectivity index (χ1v) is 6.78. The van der Waals surface area contributed by atoms with Gasteiger partial charge in [-0.3, -0.25) is 0 Å². The molecule has 0 radical (unpaired) electrons. The fourth-order valence-corrected chi connectivity index (χ4v) is 2.48. The molecule has 1 aromatic rings. The minimum atomic E-state index is -3.44. The van der Waals surface area contributed by atoms with Crippen LogP contribution in [0.3, 0.4) is 0 Å². The molecule has 1 rings (SSSR count). The normalized spacial score (nSPS) is 11.5. The summed E-state index contributed by atoms with van der Waals surface area (Å²) in [7, 11) is -3.44. The van der Waals surface area contributed by atoms with Crippen LogP contribution < -0.4 is 15.6 Å². The number of hydrogen-bond donors (Lipinski definition) is 1. The third-order valence-electron chi connectivity index (χ3n) is 2.28. The second-order valence-electron chi connectivity index (χ2n) is 3.30. The molecular weight excluding hydrogens is 232 g/mol. The van der Waals surface area contributed by atoms with Gasteiger partial charge >= 0.3 is 5.95 Å². The van der Waals surface area contributed by atoms with Crippen molar-refractivity contribution in [3.8, 4) is 5.95 Å². The smallest absolute Gasteiger partial charge is 0.325 e. The second-order valence-corrected chi connectivity index (χ2v) is 5.25. The van der Waals surface area contributed by atoms with E-state index >= 15 is 0 Å². The molecule has 7 heteroatoms. The van der Waals surface area contributed by atoms with E-state index in [4.69, 9.17) is 10.3 Å². The van der Waals surface area contributed by atoms with Crippen LogP contribution in [0.2, 0.25) is 0 Å². The molecule has 0 fully saturated rings. The van der Waals surface area contributed by atoms with Gasteiger partial charge in [0.2, 0.25) is 0 Å². The summed E-state index contributed by atoms with van der Waals surface area (Å²) in [5.74, 6) is 4.79. The number of hydrogen-bond acceptors (Lipinski definition) is 6. The number of nitrogens with two attached hydrogens (primary N) is 1. The fourth-order valence-electron chi connectivity index (χ4n) is 1.53. The van der Waals surface area contributed by atoms with E-state index in [1.807, 2.05) is 18.7 Å². The van der Waals surface area contributed by atoms with Crippen molar-refractivity contribution >= 4 is 15.5 Å². The van der Waals surface area contributed by atoms with Crippen molar-refractivity contribution in [2.75, 3.05) is 24.2 Å². The van der Waals surface area contributed by atoms with Gasteiger partial charge in [0.25, 0.3) is 0 Å². The van der Waals surface area contributed by atoms with Gasteiger partial charge in [-0.1, -0.05) is 0 Å². The highest BCUT2D eigenvalue weighted by atomic mass is 32.2. The Labute approximate surface area is 94.8 Å². The Morgan fingerprint density at radius 1 is 1.44 bits per heavy atom. The Balaban J connectivity index is 3.36. The standard InChI is InChI=1S/C9H16N2O4S/c1-4-11(5-2)7-6-14-9(15-10)8(7)16(3,12)13/h6H,4-5,10H2,1-3H3. The molecule has 0 saturated heterocycles. The van der Waals surface area contributed by atoms with Crippen LogP contribution in [-0.4, -0.2) is 27.8 Å². The Hall–Kier alpha value is -1.21. The molecule has 0 spiro atoms. The first-order chi connectivity index (χ1) is 7.45. The highest BCUT2D eigenvalue weighted by Gasteiger charge is 2.26. The lowest BCUT2D eigenvalue weighted by Crippen LogP contribution is -2.23. The van der Waals surface area contributed by atoms with Crippen molar-refractivity contribution in [2.24, 2.45) is 5.90 Å². The first-order valence-electron chi connectivity index (χ1n) is 4.88. The van der Waals surface area contributed by atoms with Gasteiger partial charge in [-0.05, 0) is 13.8 Å². The minimum absolute atomic E-state index is 0.00120. The molecule has 0 aliphatic carbocycles. The first kappa shape index (κ1) is 12.9. The van der Waals surface area contributed by atoms with E-state index < -0.39 is 9.84 Å². The molecule has 0 atom stereocenters. The van der Waals surface area contributed by atoms with E-state index in [-0.39, 0.29) is 10.8 Å². The Kier molecular flexibility index (Phi) is 3.82. The Morgan fingerprint density at radius 3 is 2.38 bits per heavy atom. The van der Waals surface area contributed by atoms with Gasteiger partial charge in [0.1, 0.15) is 6.26 Å². The highest BCUT2D eigenvalue weighted by molar-refractivity contribution is 7.91. The number of anilines is 1. The number of furan rings is 1. The molecule has 0 aliphatic rings. The van der Waals surface area contributed by atoms with Crippen molar-refractivity contribution in [1.82, 2.24) is 0 Å². The van der Waals surface area contributed by atoms with Crippen LogP contribution >= 0.6 is 0 Å². The molecule has 0 aromatic carbocycles. The van der Waals surface area contributed by atoms with Gasteiger partial charge in [0.15, 0.2) is 14.7 Å². The predicted molar refractivity (Wildman–Crippen MR) is 60.2 cm³/mol. The molecule has 0 amide bonds. The molecule has 6 nitrogen and oxygen atoms in total. The van der Waals surface area contributed by atoms with Crippen LogP contribution in [0.15, 0.2) is 15.6 Å². The summed E-state index contributed by atoms with van der Waals surface area (Å²) < 4.78 is 28.2. The zero-order chi connectivity index (χ0) is 12.3. The molecule has 2 N–H and O–H groups in total. The minimum Gasteiger partial charge on any atom is -0.430 e. The highest BCUT2D eigenvalue weighted by Crippen LogP contribution is 2.35. The summed E-state index contributed by atoms with van der Waals surface area (Å²) in [6.45, 7) is 5.18. The van der Waals surface area contributed by atoms with Gasteiger partial charge in [0.05, 0.1) is 5.69 Å². The number of nitrogens with zero attached hydrogens (tertiary/aromatic N) is 1. The van der Waals surface area contributed by atoms with Gasteiger partial charge in [-0.15, -0.1) is 0 Å². The topological polar surface area (TPSA) is 85.8 Å². The quantitative estimate of drug-likeness (QED) is 0.775. The van der Waals surface area contributed by atoms with Gasteiger partial charge in [-0.25, -0.2) is 8.42 Å². The lowest BCUT2D eigenvalue weighted by atomic mass is 10.4. The van der Waals surface area contributed by atoms with Gasteiger partial charge in [0, 0.05) is 19.3 Å². The van der Waals surface area contributed by atoms with E-state index in [1.165, 1.54) is 6.26 Å². The molecule has 92 valence electrons. The second kappa shape index (κ2) is 4.75. The molecule has 0 unspecified atom stereocenters. The van der Waals surface area contributed by atoms with Crippen LogP contribution in [0.4, 0.5) is 5.69 Å². The van der Waals surface area contributed by atoms with Crippen LogP contribution in [0.1, 0.15) is 13.8 Å². The van der Waals surface area contributed by atoms with Crippen LogP contribution in [0.5, 0.6) is 5.95 Å². The molecule has 0 saturated carbocycles. The summed E-state index contributed by atoms with van der Waals surface area (Å²) in [5, 5.41) is 0. The molecular formula is C9H16N2O4S. The van der Waals surface area contributed by atoms with E-state index in [9.17, 15) is 8.42 Å². The number of rotatable bonds is 5. The molecule has 1 heterocycles. The van der Waals surface area contributed by atoms with E-state index in [1.54, 1.807) is 0 Å². The zero-order valence-corrected chi connectivity index (χ0v) is 10.4. The van der Waals surface area contributed by atoms with Crippen molar-refractivity contribution in [3.05, 3.63) is 6.26 Å². The van der Waals surface area contributed by atoms with Gasteiger partial charge in [-0.2, -0.15) is 5.90 Å². The lowest BCUT2D eigenvalue weighted by molar-refractivity contribution is 0.242. The average molecular weight is 248 g/mol.